The summed E-state index contributed by atoms with van der Waals surface area (Å²) in [5.41, 5.74) is -0.468. The van der Waals surface area contributed by atoms with Crippen LogP contribution in [0.15, 0.2) is 0 Å². The van der Waals surface area contributed by atoms with Crippen molar-refractivity contribution in [3.8, 4) is 0 Å². The highest BCUT2D eigenvalue weighted by Gasteiger charge is 2.27. The van der Waals surface area contributed by atoms with Crippen molar-refractivity contribution in [2.75, 3.05) is 6.54 Å². The third kappa shape index (κ3) is 4.21. The van der Waals surface area contributed by atoms with E-state index in [1.165, 1.54) is 0 Å². The van der Waals surface area contributed by atoms with E-state index in [9.17, 15) is 9.59 Å². The maximum Gasteiger partial charge on any atom is 0.407 e. The summed E-state index contributed by atoms with van der Waals surface area (Å²) in [4.78, 5) is 22.1. The van der Waals surface area contributed by atoms with Gasteiger partial charge in [0.1, 0.15) is 11.9 Å². The van der Waals surface area contributed by atoms with Crippen LogP contribution in [0.3, 0.4) is 0 Å². The Morgan fingerprint density at radius 1 is 1.44 bits per heavy atom. The van der Waals surface area contributed by atoms with E-state index in [0.29, 0.717) is 6.54 Å². The Kier molecular flexibility index (Phi) is 4.33. The van der Waals surface area contributed by atoms with Crippen LogP contribution in [0.5, 0.6) is 0 Å². The van der Waals surface area contributed by atoms with Gasteiger partial charge < -0.3 is 14.8 Å². The third-order valence-electron chi connectivity index (χ3n) is 2.80. The SMILES string of the molecule is CC(C)(C)OC(=O)NCC1CCCC1C=O. The number of nitrogens with one attached hydrogen (secondary N) is 1. The lowest BCUT2D eigenvalue weighted by Gasteiger charge is -2.21. The number of aldehydes is 1. The molecule has 0 aliphatic heterocycles. The Morgan fingerprint density at radius 2 is 2.12 bits per heavy atom. The molecule has 2 atom stereocenters. The van der Waals surface area contributed by atoms with Gasteiger partial charge in [-0.15, -0.1) is 0 Å². The summed E-state index contributed by atoms with van der Waals surface area (Å²) in [6.07, 6.45) is 3.64. The second kappa shape index (κ2) is 5.32. The van der Waals surface area contributed by atoms with Gasteiger partial charge >= 0.3 is 6.09 Å². The standard InChI is InChI=1S/C12H21NO3/c1-12(2,3)16-11(15)13-7-9-5-4-6-10(9)8-14/h8-10H,4-7H2,1-3H3,(H,13,15). The zero-order valence-corrected chi connectivity index (χ0v) is 10.3. The highest BCUT2D eigenvalue weighted by atomic mass is 16.6. The van der Waals surface area contributed by atoms with Crippen LogP contribution in [0, 0.1) is 11.8 Å². The molecule has 92 valence electrons. The first kappa shape index (κ1) is 13.0. The molecule has 0 spiro atoms. The molecule has 0 aromatic heterocycles. The molecular weight excluding hydrogens is 206 g/mol. The van der Waals surface area contributed by atoms with Gasteiger partial charge in [-0.1, -0.05) is 6.42 Å². The summed E-state index contributed by atoms with van der Waals surface area (Å²) < 4.78 is 5.13. The van der Waals surface area contributed by atoms with E-state index in [1.54, 1.807) is 0 Å². The van der Waals surface area contributed by atoms with E-state index in [2.05, 4.69) is 5.32 Å². The van der Waals surface area contributed by atoms with Gasteiger partial charge in [0.05, 0.1) is 0 Å². The first-order valence-electron chi connectivity index (χ1n) is 5.84. The Hall–Kier alpha value is -1.06. The number of alkyl carbamates (subject to hydrolysis) is 1. The predicted molar refractivity (Wildman–Crippen MR) is 61.1 cm³/mol. The van der Waals surface area contributed by atoms with Gasteiger partial charge in [-0.25, -0.2) is 4.79 Å². The maximum absolute atomic E-state index is 11.4. The number of amides is 1. The number of hydrogen-bond donors (Lipinski definition) is 1. The van der Waals surface area contributed by atoms with Gasteiger partial charge in [0.25, 0.3) is 0 Å². The molecule has 16 heavy (non-hydrogen) atoms. The molecule has 1 aliphatic carbocycles. The zero-order chi connectivity index (χ0) is 12.2. The fraction of sp³-hybridized carbons (Fsp3) is 0.833. The molecule has 0 aromatic carbocycles. The minimum Gasteiger partial charge on any atom is -0.444 e. The lowest BCUT2D eigenvalue weighted by molar-refractivity contribution is -0.111. The lowest BCUT2D eigenvalue weighted by Crippen LogP contribution is -2.36. The fourth-order valence-electron chi connectivity index (χ4n) is 2.03. The van der Waals surface area contributed by atoms with Crippen LogP contribution >= 0.6 is 0 Å². The molecule has 0 saturated heterocycles. The lowest BCUT2D eigenvalue weighted by atomic mass is 9.98. The van der Waals surface area contributed by atoms with Crippen molar-refractivity contribution in [2.45, 2.75) is 45.6 Å². The first-order valence-corrected chi connectivity index (χ1v) is 5.84. The normalized spacial score (nSPS) is 25.2. The van der Waals surface area contributed by atoms with Gasteiger partial charge in [0.15, 0.2) is 0 Å². The molecule has 0 bridgehead atoms. The number of carbonyl (C=O) groups excluding carboxylic acids is 2. The van der Waals surface area contributed by atoms with E-state index in [0.717, 1.165) is 25.5 Å². The largest absolute Gasteiger partial charge is 0.444 e. The van der Waals surface area contributed by atoms with E-state index in [1.807, 2.05) is 20.8 Å². The second-order valence-electron chi connectivity index (χ2n) is 5.37. The Bertz CT molecular complexity index is 257. The van der Waals surface area contributed by atoms with Crippen molar-refractivity contribution in [3.05, 3.63) is 0 Å². The molecule has 1 aliphatic rings. The van der Waals surface area contributed by atoms with Crippen molar-refractivity contribution in [2.24, 2.45) is 11.8 Å². The van der Waals surface area contributed by atoms with E-state index < -0.39 is 11.7 Å². The summed E-state index contributed by atoms with van der Waals surface area (Å²) in [5, 5.41) is 2.73. The Morgan fingerprint density at radius 3 is 2.69 bits per heavy atom. The van der Waals surface area contributed by atoms with Crippen LogP contribution in [0.1, 0.15) is 40.0 Å². The van der Waals surface area contributed by atoms with Gasteiger partial charge in [0.2, 0.25) is 0 Å². The highest BCUT2D eigenvalue weighted by molar-refractivity contribution is 5.67. The minimum absolute atomic E-state index is 0.106. The smallest absolute Gasteiger partial charge is 0.407 e. The van der Waals surface area contributed by atoms with E-state index in [4.69, 9.17) is 4.74 Å². The van der Waals surface area contributed by atoms with E-state index in [-0.39, 0.29) is 11.8 Å². The summed E-state index contributed by atoms with van der Waals surface area (Å²) >= 11 is 0. The second-order valence-corrected chi connectivity index (χ2v) is 5.37. The number of rotatable bonds is 3. The Labute approximate surface area is 96.7 Å². The average Bonchev–Trinajstić information content (AvgIpc) is 2.59. The quantitative estimate of drug-likeness (QED) is 0.751. The molecule has 1 rings (SSSR count). The molecule has 1 N–H and O–H groups in total. The number of hydrogen-bond acceptors (Lipinski definition) is 3. The third-order valence-corrected chi connectivity index (χ3v) is 2.80. The van der Waals surface area contributed by atoms with Crippen LogP contribution in [0.25, 0.3) is 0 Å². The molecule has 0 aromatic rings. The summed E-state index contributed by atoms with van der Waals surface area (Å²) in [5.74, 6) is 0.389. The van der Waals surface area contributed by atoms with Crippen LogP contribution in [0.2, 0.25) is 0 Å². The van der Waals surface area contributed by atoms with Crippen LogP contribution in [-0.4, -0.2) is 24.5 Å². The first-order chi connectivity index (χ1) is 7.42. The molecule has 2 unspecified atom stereocenters. The van der Waals surface area contributed by atoms with Crippen LogP contribution < -0.4 is 5.32 Å². The van der Waals surface area contributed by atoms with Gasteiger partial charge in [-0.2, -0.15) is 0 Å². The molecule has 1 fully saturated rings. The minimum atomic E-state index is -0.468. The van der Waals surface area contributed by atoms with Crippen molar-refractivity contribution < 1.29 is 14.3 Å². The molecule has 0 heterocycles. The molecule has 0 radical (unpaired) electrons. The Balaban J connectivity index is 2.29. The highest BCUT2D eigenvalue weighted by Crippen LogP contribution is 2.29. The average molecular weight is 227 g/mol. The molecular formula is C12H21NO3. The summed E-state index contributed by atoms with van der Waals surface area (Å²) in [7, 11) is 0. The maximum atomic E-state index is 11.4. The van der Waals surface area contributed by atoms with Crippen LogP contribution in [0.4, 0.5) is 4.79 Å². The van der Waals surface area contributed by atoms with Gasteiger partial charge in [-0.3, -0.25) is 0 Å². The van der Waals surface area contributed by atoms with E-state index >= 15 is 0 Å². The topological polar surface area (TPSA) is 55.4 Å². The predicted octanol–water partition coefficient (Wildman–Crippen LogP) is 2.13. The molecule has 4 nitrogen and oxygen atoms in total. The summed E-state index contributed by atoms with van der Waals surface area (Å²) in [6.45, 7) is 6.03. The number of ether oxygens (including phenoxy) is 1. The molecule has 1 saturated carbocycles. The monoisotopic (exact) mass is 227 g/mol. The van der Waals surface area contributed by atoms with Gasteiger partial charge in [0, 0.05) is 12.5 Å². The fourth-order valence-corrected chi connectivity index (χ4v) is 2.03. The van der Waals surface area contributed by atoms with Crippen molar-refractivity contribution in [1.29, 1.82) is 0 Å². The van der Waals surface area contributed by atoms with Gasteiger partial charge in [-0.05, 0) is 39.5 Å². The van der Waals surface area contributed by atoms with Crippen molar-refractivity contribution in [3.63, 3.8) is 0 Å². The molecule has 4 heteroatoms. The van der Waals surface area contributed by atoms with Crippen LogP contribution in [-0.2, 0) is 9.53 Å². The number of carbonyl (C=O) groups is 2. The van der Waals surface area contributed by atoms with Crippen molar-refractivity contribution in [1.82, 2.24) is 5.32 Å². The summed E-state index contributed by atoms with van der Waals surface area (Å²) in [6, 6.07) is 0. The molecule has 1 amide bonds. The van der Waals surface area contributed by atoms with Crippen molar-refractivity contribution >= 4 is 12.4 Å². The zero-order valence-electron chi connectivity index (χ0n) is 10.3.